The molecule has 2 atom stereocenters. The number of fused-ring (bicyclic) bond motifs is 3. The largest absolute Gasteiger partial charge is 0.480 e. The molecule has 0 heterocycles. The Morgan fingerprint density at radius 1 is 1.06 bits per heavy atom. The summed E-state index contributed by atoms with van der Waals surface area (Å²) in [5.74, 6) is -1.68. The maximum atomic E-state index is 13.1. The number of ether oxygens (including phenoxy) is 2. The number of carbonyl (C=O) groups excluding carboxylic acids is 2. The third-order valence-electron chi connectivity index (χ3n) is 6.24. The first-order chi connectivity index (χ1) is 15.9. The lowest BCUT2D eigenvalue weighted by atomic mass is 9.98. The number of amides is 2. The van der Waals surface area contributed by atoms with Gasteiger partial charge in [-0.15, -0.1) is 0 Å². The summed E-state index contributed by atoms with van der Waals surface area (Å²) in [5.41, 5.74) is 4.42. The molecular formula is C25H28N2O6. The molecule has 8 nitrogen and oxygen atoms in total. The fourth-order valence-corrected chi connectivity index (χ4v) is 4.46. The van der Waals surface area contributed by atoms with Crippen LogP contribution in [0.25, 0.3) is 11.1 Å². The minimum Gasteiger partial charge on any atom is -0.480 e. The summed E-state index contributed by atoms with van der Waals surface area (Å²) in [5, 5.41) is 12.0. The van der Waals surface area contributed by atoms with Crippen LogP contribution in [0.2, 0.25) is 0 Å². The number of alkyl carbamates (subject to hydrolysis) is 1. The number of carboxylic acid groups (broad SMARTS) is 1. The predicted molar refractivity (Wildman–Crippen MR) is 121 cm³/mol. The zero-order valence-corrected chi connectivity index (χ0v) is 18.7. The molecule has 174 valence electrons. The number of carbonyl (C=O) groups is 3. The fourth-order valence-electron chi connectivity index (χ4n) is 4.46. The van der Waals surface area contributed by atoms with Crippen molar-refractivity contribution in [2.24, 2.45) is 0 Å². The first kappa shape index (κ1) is 22.8. The monoisotopic (exact) mass is 452 g/mol. The molecule has 0 radical (unpaired) electrons. The van der Waals surface area contributed by atoms with Gasteiger partial charge in [-0.05, 0) is 42.0 Å². The topological polar surface area (TPSA) is 105 Å². The molecule has 0 bridgehead atoms. The third kappa shape index (κ3) is 4.71. The van der Waals surface area contributed by atoms with Crippen LogP contribution in [0.5, 0.6) is 0 Å². The molecule has 2 N–H and O–H groups in total. The number of hydrogen-bond acceptors (Lipinski definition) is 5. The van der Waals surface area contributed by atoms with Crippen molar-refractivity contribution in [3.05, 3.63) is 59.7 Å². The van der Waals surface area contributed by atoms with Gasteiger partial charge in [0, 0.05) is 19.1 Å². The van der Waals surface area contributed by atoms with Crippen LogP contribution in [-0.4, -0.2) is 66.4 Å². The highest BCUT2D eigenvalue weighted by molar-refractivity contribution is 5.90. The van der Waals surface area contributed by atoms with Crippen LogP contribution < -0.4 is 5.32 Å². The zero-order valence-electron chi connectivity index (χ0n) is 18.7. The third-order valence-corrected chi connectivity index (χ3v) is 6.24. The van der Waals surface area contributed by atoms with Gasteiger partial charge in [-0.2, -0.15) is 0 Å². The molecule has 0 aromatic heterocycles. The van der Waals surface area contributed by atoms with Crippen LogP contribution in [0.4, 0.5) is 4.79 Å². The highest BCUT2D eigenvalue weighted by atomic mass is 16.5. The van der Waals surface area contributed by atoms with Crippen LogP contribution in [0.3, 0.4) is 0 Å². The average Bonchev–Trinajstić information content (AvgIpc) is 3.59. The summed E-state index contributed by atoms with van der Waals surface area (Å²) < 4.78 is 10.7. The Kier molecular flexibility index (Phi) is 6.65. The van der Waals surface area contributed by atoms with Gasteiger partial charge < -0.3 is 24.8 Å². The summed E-state index contributed by atoms with van der Waals surface area (Å²) in [7, 11) is 1.42. The van der Waals surface area contributed by atoms with Gasteiger partial charge in [0.25, 0.3) is 0 Å². The van der Waals surface area contributed by atoms with Crippen LogP contribution in [0.1, 0.15) is 36.8 Å². The smallest absolute Gasteiger partial charge is 0.407 e. The van der Waals surface area contributed by atoms with Crippen molar-refractivity contribution in [2.75, 3.05) is 20.3 Å². The second-order valence-corrected chi connectivity index (χ2v) is 8.47. The molecule has 2 aliphatic rings. The highest BCUT2D eigenvalue weighted by Gasteiger charge is 2.41. The van der Waals surface area contributed by atoms with Crippen molar-refractivity contribution in [1.29, 1.82) is 0 Å². The lowest BCUT2D eigenvalue weighted by molar-refractivity contribution is -0.151. The van der Waals surface area contributed by atoms with E-state index in [2.05, 4.69) is 17.4 Å². The van der Waals surface area contributed by atoms with Crippen LogP contribution in [0, 0.1) is 0 Å². The summed E-state index contributed by atoms with van der Waals surface area (Å²) in [6, 6.07) is 13.9. The highest BCUT2D eigenvalue weighted by Crippen LogP contribution is 2.44. The van der Waals surface area contributed by atoms with Gasteiger partial charge in [-0.1, -0.05) is 48.5 Å². The van der Waals surface area contributed by atoms with Crippen molar-refractivity contribution < 1.29 is 29.0 Å². The van der Waals surface area contributed by atoms with E-state index in [1.807, 2.05) is 36.4 Å². The molecule has 4 rings (SSSR count). The molecule has 33 heavy (non-hydrogen) atoms. The first-order valence-corrected chi connectivity index (χ1v) is 11.1. The van der Waals surface area contributed by atoms with Gasteiger partial charge in [-0.3, -0.25) is 4.79 Å². The van der Waals surface area contributed by atoms with Crippen molar-refractivity contribution in [2.45, 2.75) is 43.8 Å². The van der Waals surface area contributed by atoms with Crippen molar-refractivity contribution in [3.8, 4) is 11.1 Å². The molecule has 1 saturated carbocycles. The Morgan fingerprint density at radius 3 is 2.15 bits per heavy atom. The van der Waals surface area contributed by atoms with E-state index >= 15 is 0 Å². The molecule has 2 amide bonds. The first-order valence-electron chi connectivity index (χ1n) is 11.1. The Hall–Kier alpha value is -3.39. The minimum absolute atomic E-state index is 0.0847. The van der Waals surface area contributed by atoms with Crippen molar-refractivity contribution in [3.63, 3.8) is 0 Å². The van der Waals surface area contributed by atoms with Crippen molar-refractivity contribution >= 4 is 18.0 Å². The summed E-state index contributed by atoms with van der Waals surface area (Å²) in [6.07, 6.45) is 0.744. The van der Waals surface area contributed by atoms with E-state index in [1.54, 1.807) is 0 Å². The Bertz CT molecular complexity index is 1010. The average molecular weight is 453 g/mol. The molecule has 0 aliphatic heterocycles. The number of nitrogens with one attached hydrogen (secondary N) is 1. The number of rotatable bonds is 9. The molecule has 0 saturated heterocycles. The number of nitrogens with zero attached hydrogens (tertiary/aromatic N) is 1. The maximum absolute atomic E-state index is 13.1. The number of hydrogen-bond donors (Lipinski definition) is 2. The molecule has 0 spiro atoms. The fraction of sp³-hybridized carbons (Fsp3) is 0.400. The van der Waals surface area contributed by atoms with E-state index in [1.165, 1.54) is 18.9 Å². The van der Waals surface area contributed by atoms with E-state index in [9.17, 15) is 19.5 Å². The Balaban J connectivity index is 1.44. The lowest BCUT2D eigenvalue weighted by Crippen LogP contribution is -2.55. The second-order valence-electron chi connectivity index (χ2n) is 8.47. The number of benzene rings is 2. The second kappa shape index (κ2) is 9.62. The van der Waals surface area contributed by atoms with E-state index < -0.39 is 30.1 Å². The van der Waals surface area contributed by atoms with E-state index in [4.69, 9.17) is 9.47 Å². The van der Waals surface area contributed by atoms with Crippen LogP contribution in [0.15, 0.2) is 48.5 Å². The summed E-state index contributed by atoms with van der Waals surface area (Å²) in [6.45, 7) is 1.50. The van der Waals surface area contributed by atoms with E-state index in [0.717, 1.165) is 35.1 Å². The molecule has 2 aliphatic carbocycles. The van der Waals surface area contributed by atoms with Gasteiger partial charge in [0.1, 0.15) is 18.7 Å². The SMILES string of the molecule is COC[C@H](NC(=O)OCC1c2ccccc2-c2ccccc21)C(=O)N(C1CC1)C(C)C(=O)O. The quantitative estimate of drug-likeness (QED) is 0.606. The maximum Gasteiger partial charge on any atom is 0.407 e. The van der Waals surface area contributed by atoms with Gasteiger partial charge in [0.15, 0.2) is 0 Å². The molecule has 8 heteroatoms. The predicted octanol–water partition coefficient (Wildman–Crippen LogP) is 3.00. The number of methoxy groups -OCH3 is 1. The summed E-state index contributed by atoms with van der Waals surface area (Å²) >= 11 is 0. The van der Waals surface area contributed by atoms with Crippen LogP contribution >= 0.6 is 0 Å². The zero-order chi connectivity index (χ0) is 23.5. The lowest BCUT2D eigenvalue weighted by Gasteiger charge is -2.30. The van der Waals surface area contributed by atoms with Gasteiger partial charge in [-0.25, -0.2) is 9.59 Å². The van der Waals surface area contributed by atoms with Crippen molar-refractivity contribution in [1.82, 2.24) is 10.2 Å². The molecular weight excluding hydrogens is 424 g/mol. The van der Waals surface area contributed by atoms with Gasteiger partial charge in [0.2, 0.25) is 5.91 Å². The standard InChI is InChI=1S/C25H28N2O6/c1-15(24(29)30)27(16-11-12-16)23(28)22(14-32-2)26-25(31)33-13-21-19-9-5-3-7-17(19)18-8-4-6-10-20(18)21/h3-10,15-16,21-22H,11-14H2,1-2H3,(H,26,31)(H,29,30)/t15?,22-/m0/s1. The molecule has 2 aromatic carbocycles. The Morgan fingerprint density at radius 2 is 1.64 bits per heavy atom. The normalized spacial score (nSPS) is 16.3. The Labute approximate surface area is 192 Å². The summed E-state index contributed by atoms with van der Waals surface area (Å²) in [4.78, 5) is 38.6. The molecule has 1 unspecified atom stereocenters. The molecule has 2 aromatic rings. The minimum atomic E-state index is -1.09. The molecule has 1 fully saturated rings. The van der Waals surface area contributed by atoms with Gasteiger partial charge >= 0.3 is 12.1 Å². The number of carboxylic acids is 1. The van der Waals surface area contributed by atoms with E-state index in [-0.39, 0.29) is 25.2 Å². The van der Waals surface area contributed by atoms with Crippen LogP contribution in [-0.2, 0) is 19.1 Å². The van der Waals surface area contributed by atoms with E-state index in [0.29, 0.717) is 0 Å². The number of aliphatic carboxylic acids is 1. The van der Waals surface area contributed by atoms with Gasteiger partial charge in [0.05, 0.1) is 6.61 Å².